The van der Waals surface area contributed by atoms with Crippen LogP contribution < -0.4 is 10.5 Å². The number of carbonyl (C=O) groups is 2. The Morgan fingerprint density at radius 3 is 2.28 bits per heavy atom. The molecule has 1 unspecified atom stereocenters. The first-order valence-electron chi connectivity index (χ1n) is 6.56. The minimum absolute atomic E-state index is 0.0731. The summed E-state index contributed by atoms with van der Waals surface area (Å²) in [5.74, 6) is -0.714. The Labute approximate surface area is 115 Å². The smallest absolute Gasteiger partial charge is 0.233 e. The van der Waals surface area contributed by atoms with Crippen LogP contribution >= 0.6 is 11.9 Å². The minimum Gasteiger partial charge on any atom is -0.369 e. The summed E-state index contributed by atoms with van der Waals surface area (Å²) in [6.07, 6.45) is 5.13. The van der Waals surface area contributed by atoms with Crippen molar-refractivity contribution >= 4 is 23.8 Å². The standard InChI is InChI=1S/C13H26N2O2S/c1-5-6-7-10(12(14)16)11(8-9(2)3)13(17)15-18-4/h9-11H,5-8H2,1-4H3,(H2,14,16)(H,15,17)/t10-,11?/m0/s1. The van der Waals surface area contributed by atoms with Gasteiger partial charge >= 0.3 is 0 Å². The van der Waals surface area contributed by atoms with Gasteiger partial charge in [-0.1, -0.05) is 45.6 Å². The molecule has 5 heteroatoms. The van der Waals surface area contributed by atoms with Crippen LogP contribution in [0.1, 0.15) is 46.5 Å². The van der Waals surface area contributed by atoms with Gasteiger partial charge in [0.1, 0.15) is 0 Å². The molecule has 2 amide bonds. The molecule has 0 heterocycles. The first kappa shape index (κ1) is 17.3. The van der Waals surface area contributed by atoms with Crippen molar-refractivity contribution in [1.29, 1.82) is 0 Å². The number of rotatable bonds is 9. The molecule has 106 valence electrons. The zero-order valence-corrected chi connectivity index (χ0v) is 12.7. The fraction of sp³-hybridized carbons (Fsp3) is 0.846. The molecule has 0 aliphatic carbocycles. The summed E-state index contributed by atoms with van der Waals surface area (Å²) in [5, 5.41) is 0. The van der Waals surface area contributed by atoms with E-state index in [0.717, 1.165) is 12.8 Å². The van der Waals surface area contributed by atoms with E-state index < -0.39 is 0 Å². The van der Waals surface area contributed by atoms with Crippen LogP contribution in [0.2, 0.25) is 0 Å². The second-order valence-corrected chi connectivity index (χ2v) is 5.67. The second-order valence-electron chi connectivity index (χ2n) is 5.06. The molecule has 0 aliphatic rings. The maximum Gasteiger partial charge on any atom is 0.233 e. The Balaban J connectivity index is 4.84. The third-order valence-electron chi connectivity index (χ3n) is 2.98. The number of hydrogen-bond donors (Lipinski definition) is 2. The van der Waals surface area contributed by atoms with Gasteiger partial charge in [0.15, 0.2) is 0 Å². The third kappa shape index (κ3) is 6.28. The SMILES string of the molecule is CCCC[C@H](C(N)=O)C(CC(C)C)C(=O)NSC. The number of primary amides is 1. The van der Waals surface area contributed by atoms with E-state index in [-0.39, 0.29) is 23.7 Å². The largest absolute Gasteiger partial charge is 0.369 e. The molecule has 0 aromatic carbocycles. The number of nitrogens with two attached hydrogens (primary N) is 1. The van der Waals surface area contributed by atoms with E-state index >= 15 is 0 Å². The fourth-order valence-corrected chi connectivity index (χ4v) is 2.46. The summed E-state index contributed by atoms with van der Waals surface area (Å²) >= 11 is 1.27. The molecule has 0 radical (unpaired) electrons. The van der Waals surface area contributed by atoms with E-state index in [2.05, 4.69) is 25.5 Å². The van der Waals surface area contributed by atoms with E-state index in [9.17, 15) is 9.59 Å². The Bertz CT molecular complexity index is 270. The molecule has 0 saturated heterocycles. The number of nitrogens with one attached hydrogen (secondary N) is 1. The molecule has 0 fully saturated rings. The highest BCUT2D eigenvalue weighted by Gasteiger charge is 2.32. The van der Waals surface area contributed by atoms with E-state index in [4.69, 9.17) is 5.73 Å². The number of carbonyl (C=O) groups excluding carboxylic acids is 2. The highest BCUT2D eigenvalue weighted by molar-refractivity contribution is 7.97. The molecule has 0 aromatic heterocycles. The molecule has 0 bridgehead atoms. The van der Waals surface area contributed by atoms with Crippen LogP contribution in [0, 0.1) is 17.8 Å². The van der Waals surface area contributed by atoms with Crippen molar-refractivity contribution in [2.45, 2.75) is 46.5 Å². The van der Waals surface area contributed by atoms with E-state index in [1.807, 2.05) is 0 Å². The molecule has 3 N–H and O–H groups in total. The van der Waals surface area contributed by atoms with Gasteiger partial charge in [-0.3, -0.25) is 9.59 Å². The van der Waals surface area contributed by atoms with Gasteiger partial charge in [-0.05, 0) is 18.8 Å². The maximum atomic E-state index is 12.0. The molecular formula is C13H26N2O2S. The van der Waals surface area contributed by atoms with Crippen LogP contribution in [0.25, 0.3) is 0 Å². The van der Waals surface area contributed by atoms with Crippen molar-refractivity contribution in [1.82, 2.24) is 4.72 Å². The quantitative estimate of drug-likeness (QED) is 0.634. The van der Waals surface area contributed by atoms with Gasteiger partial charge in [0.2, 0.25) is 11.8 Å². The summed E-state index contributed by atoms with van der Waals surface area (Å²) in [6, 6.07) is 0. The van der Waals surface area contributed by atoms with E-state index in [0.29, 0.717) is 18.8 Å². The van der Waals surface area contributed by atoms with E-state index in [1.54, 1.807) is 6.26 Å². The lowest BCUT2D eigenvalue weighted by Crippen LogP contribution is -2.39. The van der Waals surface area contributed by atoms with Crippen molar-refractivity contribution in [3.63, 3.8) is 0 Å². The van der Waals surface area contributed by atoms with Gasteiger partial charge in [-0.25, -0.2) is 0 Å². The molecule has 0 aromatic rings. The van der Waals surface area contributed by atoms with Crippen molar-refractivity contribution < 1.29 is 9.59 Å². The van der Waals surface area contributed by atoms with Crippen molar-refractivity contribution in [3.05, 3.63) is 0 Å². The normalized spacial score (nSPS) is 14.3. The zero-order valence-electron chi connectivity index (χ0n) is 11.9. The van der Waals surface area contributed by atoms with Gasteiger partial charge in [-0.2, -0.15) is 0 Å². The Morgan fingerprint density at radius 2 is 1.89 bits per heavy atom. The fourth-order valence-electron chi connectivity index (χ4n) is 2.10. The molecule has 0 aliphatic heterocycles. The van der Waals surface area contributed by atoms with Gasteiger partial charge in [0.05, 0.1) is 5.92 Å². The minimum atomic E-state index is -0.356. The number of hydrogen-bond acceptors (Lipinski definition) is 3. The molecule has 0 spiro atoms. The highest BCUT2D eigenvalue weighted by atomic mass is 32.2. The van der Waals surface area contributed by atoms with Crippen LogP contribution in [-0.2, 0) is 9.59 Å². The molecule has 18 heavy (non-hydrogen) atoms. The molecule has 2 atom stereocenters. The Morgan fingerprint density at radius 1 is 1.28 bits per heavy atom. The Kier molecular flexibility index (Phi) is 8.89. The van der Waals surface area contributed by atoms with Crippen LogP contribution in [0.3, 0.4) is 0 Å². The average molecular weight is 274 g/mol. The highest BCUT2D eigenvalue weighted by Crippen LogP contribution is 2.26. The van der Waals surface area contributed by atoms with Crippen LogP contribution in [0.15, 0.2) is 0 Å². The predicted molar refractivity (Wildman–Crippen MR) is 76.8 cm³/mol. The van der Waals surface area contributed by atoms with Gasteiger partial charge in [0, 0.05) is 12.2 Å². The molecular weight excluding hydrogens is 248 g/mol. The first-order chi connectivity index (χ1) is 8.43. The average Bonchev–Trinajstić information content (AvgIpc) is 2.27. The lowest BCUT2D eigenvalue weighted by molar-refractivity contribution is -0.133. The van der Waals surface area contributed by atoms with Gasteiger partial charge in [-0.15, -0.1) is 0 Å². The van der Waals surface area contributed by atoms with Crippen molar-refractivity contribution in [3.8, 4) is 0 Å². The monoisotopic (exact) mass is 274 g/mol. The third-order valence-corrected chi connectivity index (χ3v) is 3.39. The lowest BCUT2D eigenvalue weighted by Gasteiger charge is -2.25. The predicted octanol–water partition coefficient (Wildman–Crippen LogP) is 2.33. The summed E-state index contributed by atoms with van der Waals surface area (Å²) in [6.45, 7) is 6.17. The second kappa shape index (κ2) is 9.25. The van der Waals surface area contributed by atoms with Gasteiger partial charge in [0.25, 0.3) is 0 Å². The summed E-state index contributed by atoms with van der Waals surface area (Å²) in [4.78, 5) is 23.6. The summed E-state index contributed by atoms with van der Waals surface area (Å²) in [7, 11) is 0. The van der Waals surface area contributed by atoms with Gasteiger partial charge < -0.3 is 10.5 Å². The van der Waals surface area contributed by atoms with Crippen LogP contribution in [-0.4, -0.2) is 18.1 Å². The van der Waals surface area contributed by atoms with E-state index in [1.165, 1.54) is 11.9 Å². The molecule has 0 saturated carbocycles. The zero-order chi connectivity index (χ0) is 14.1. The molecule has 0 rings (SSSR count). The number of amides is 2. The van der Waals surface area contributed by atoms with Crippen LogP contribution in [0.4, 0.5) is 0 Å². The first-order valence-corrected chi connectivity index (χ1v) is 7.78. The maximum absolute atomic E-state index is 12.0. The van der Waals surface area contributed by atoms with Crippen molar-refractivity contribution in [2.75, 3.05) is 6.26 Å². The lowest BCUT2D eigenvalue weighted by atomic mass is 9.81. The summed E-state index contributed by atoms with van der Waals surface area (Å²) in [5.41, 5.74) is 5.46. The topological polar surface area (TPSA) is 72.2 Å². The molecule has 4 nitrogen and oxygen atoms in total. The van der Waals surface area contributed by atoms with Crippen LogP contribution in [0.5, 0.6) is 0 Å². The van der Waals surface area contributed by atoms with Crippen molar-refractivity contribution in [2.24, 2.45) is 23.5 Å². The summed E-state index contributed by atoms with van der Waals surface area (Å²) < 4.78 is 2.73. The number of unbranched alkanes of at least 4 members (excludes halogenated alkanes) is 1. The Hall–Kier alpha value is -0.710.